The molecule has 0 aliphatic heterocycles. The second kappa shape index (κ2) is 10.8. The summed E-state index contributed by atoms with van der Waals surface area (Å²) in [7, 11) is 0. The van der Waals surface area contributed by atoms with Crippen LogP contribution in [0.5, 0.6) is 0 Å². The zero-order chi connectivity index (χ0) is 22.9. The fourth-order valence-corrected chi connectivity index (χ4v) is 3.59. The van der Waals surface area contributed by atoms with Crippen LogP contribution in [-0.4, -0.2) is 22.4 Å². The first-order valence-corrected chi connectivity index (χ1v) is 10.8. The number of nitrogens with zero attached hydrogens (tertiary/aromatic N) is 2. The number of anilines is 3. The number of hydrogen-bond acceptors (Lipinski definition) is 6. The van der Waals surface area contributed by atoms with Crippen LogP contribution in [0, 0.1) is 0 Å². The summed E-state index contributed by atoms with van der Waals surface area (Å²) in [6, 6.07) is 29.4. The number of carbonyl (C=O) groups excluding carboxylic acids is 1. The molecule has 1 aromatic heterocycles. The first kappa shape index (κ1) is 21.8. The molecule has 0 spiro atoms. The van der Waals surface area contributed by atoms with Crippen LogP contribution in [-0.2, 0) is 11.2 Å². The van der Waals surface area contributed by atoms with Gasteiger partial charge < -0.3 is 11.1 Å². The van der Waals surface area contributed by atoms with Crippen LogP contribution >= 0.6 is 0 Å². The lowest BCUT2D eigenvalue weighted by molar-refractivity contribution is -0.121. The Morgan fingerprint density at radius 2 is 1.33 bits per heavy atom. The van der Waals surface area contributed by atoms with E-state index in [0.29, 0.717) is 23.9 Å². The third-order valence-corrected chi connectivity index (χ3v) is 5.26. The van der Waals surface area contributed by atoms with E-state index in [4.69, 9.17) is 5.73 Å². The molecule has 0 saturated carbocycles. The first-order valence-electron chi connectivity index (χ1n) is 10.8. The number of hydrazine groups is 1. The van der Waals surface area contributed by atoms with Crippen molar-refractivity contribution in [3.05, 3.63) is 114 Å². The molecule has 166 valence electrons. The average molecular weight is 439 g/mol. The summed E-state index contributed by atoms with van der Waals surface area (Å²) in [5.74, 6) is 0.149. The molecule has 0 unspecified atom stereocenters. The van der Waals surface area contributed by atoms with Crippen LogP contribution in [0.1, 0.15) is 22.6 Å². The molecule has 0 aliphatic rings. The quantitative estimate of drug-likeness (QED) is 0.295. The third kappa shape index (κ3) is 5.65. The van der Waals surface area contributed by atoms with Crippen LogP contribution in [0.15, 0.2) is 97.3 Å². The zero-order valence-corrected chi connectivity index (χ0v) is 18.1. The summed E-state index contributed by atoms with van der Waals surface area (Å²) in [6.45, 7) is 0.668. The molecule has 33 heavy (non-hydrogen) atoms. The lowest BCUT2D eigenvalue weighted by Gasteiger charge is -2.19. The van der Waals surface area contributed by atoms with Crippen molar-refractivity contribution in [2.24, 2.45) is 0 Å². The molecule has 7 nitrogen and oxygen atoms in total. The minimum atomic E-state index is -0.480. The van der Waals surface area contributed by atoms with E-state index in [1.54, 1.807) is 0 Å². The van der Waals surface area contributed by atoms with Crippen molar-refractivity contribution in [1.29, 1.82) is 0 Å². The molecule has 3 aromatic carbocycles. The van der Waals surface area contributed by atoms with Crippen LogP contribution in [0.4, 0.5) is 17.3 Å². The smallest absolute Gasteiger partial charge is 0.250 e. The molecular weight excluding hydrogens is 412 g/mol. The first-order chi connectivity index (χ1) is 16.2. The number of hydrogen-bond donors (Lipinski definition) is 4. The highest BCUT2D eigenvalue weighted by molar-refractivity contribution is 5.88. The van der Waals surface area contributed by atoms with E-state index >= 15 is 0 Å². The van der Waals surface area contributed by atoms with Gasteiger partial charge in [-0.3, -0.25) is 15.6 Å². The number of nitrogen functional groups attached to an aromatic ring is 1. The maximum Gasteiger partial charge on any atom is 0.250 e. The third-order valence-electron chi connectivity index (χ3n) is 5.26. The Bertz CT molecular complexity index is 1130. The Morgan fingerprint density at radius 3 is 1.94 bits per heavy atom. The second-order valence-corrected chi connectivity index (χ2v) is 7.52. The number of amides is 1. The van der Waals surface area contributed by atoms with Crippen molar-refractivity contribution in [2.75, 3.05) is 23.0 Å². The van der Waals surface area contributed by atoms with Gasteiger partial charge in [0.25, 0.3) is 0 Å². The van der Waals surface area contributed by atoms with E-state index in [1.165, 1.54) is 11.9 Å². The molecule has 5 N–H and O–H groups in total. The molecule has 0 saturated heterocycles. The van der Waals surface area contributed by atoms with Gasteiger partial charge in [0.15, 0.2) is 11.6 Å². The molecule has 0 radical (unpaired) electrons. The van der Waals surface area contributed by atoms with Crippen LogP contribution < -0.4 is 21.9 Å². The Kier molecular flexibility index (Phi) is 7.12. The van der Waals surface area contributed by atoms with Gasteiger partial charge in [-0.1, -0.05) is 91.0 Å². The fourth-order valence-electron chi connectivity index (χ4n) is 3.59. The van der Waals surface area contributed by atoms with Crippen molar-refractivity contribution in [1.82, 2.24) is 15.4 Å². The lowest BCUT2D eigenvalue weighted by Crippen LogP contribution is -2.35. The van der Waals surface area contributed by atoms with E-state index in [0.717, 1.165) is 17.5 Å². The van der Waals surface area contributed by atoms with Gasteiger partial charge >= 0.3 is 0 Å². The average Bonchev–Trinajstić information content (AvgIpc) is 2.86. The van der Waals surface area contributed by atoms with Gasteiger partial charge in [-0.25, -0.2) is 9.97 Å². The van der Waals surface area contributed by atoms with Gasteiger partial charge in [0.2, 0.25) is 5.91 Å². The minimum absolute atomic E-state index is 0.219. The minimum Gasteiger partial charge on any atom is -0.393 e. The SMILES string of the molecule is Nc1c(NCCc2ccccc2)ncnc1NNC(=O)C(c1ccccc1)c1ccccc1. The van der Waals surface area contributed by atoms with Crippen molar-refractivity contribution >= 4 is 23.2 Å². The van der Waals surface area contributed by atoms with E-state index in [1.807, 2.05) is 78.9 Å². The van der Waals surface area contributed by atoms with Crippen LogP contribution in [0.2, 0.25) is 0 Å². The summed E-state index contributed by atoms with van der Waals surface area (Å²) < 4.78 is 0. The van der Waals surface area contributed by atoms with Gasteiger partial charge in [0, 0.05) is 6.54 Å². The van der Waals surface area contributed by atoms with Crippen LogP contribution in [0.3, 0.4) is 0 Å². The van der Waals surface area contributed by atoms with Crippen molar-refractivity contribution in [3.63, 3.8) is 0 Å². The summed E-state index contributed by atoms with van der Waals surface area (Å²) in [5.41, 5.74) is 15.2. The van der Waals surface area contributed by atoms with Gasteiger partial charge in [-0.15, -0.1) is 0 Å². The number of nitrogens with one attached hydrogen (secondary N) is 3. The van der Waals surface area contributed by atoms with Gasteiger partial charge in [0.05, 0.1) is 5.92 Å². The highest BCUT2D eigenvalue weighted by Gasteiger charge is 2.23. The lowest BCUT2D eigenvalue weighted by atomic mass is 9.91. The number of aromatic nitrogens is 2. The maximum absolute atomic E-state index is 13.2. The van der Waals surface area contributed by atoms with E-state index < -0.39 is 5.92 Å². The Labute approximate surface area is 193 Å². The molecule has 0 aliphatic carbocycles. The molecule has 0 fully saturated rings. The molecule has 1 heterocycles. The number of carbonyl (C=O) groups is 1. The number of benzene rings is 3. The number of nitrogens with two attached hydrogens (primary N) is 1. The Morgan fingerprint density at radius 1 is 0.788 bits per heavy atom. The monoisotopic (exact) mass is 438 g/mol. The van der Waals surface area contributed by atoms with E-state index in [2.05, 4.69) is 38.3 Å². The van der Waals surface area contributed by atoms with Crippen molar-refractivity contribution < 1.29 is 4.79 Å². The Balaban J connectivity index is 1.43. The van der Waals surface area contributed by atoms with E-state index in [9.17, 15) is 4.79 Å². The maximum atomic E-state index is 13.2. The number of rotatable bonds is 9. The second-order valence-electron chi connectivity index (χ2n) is 7.52. The molecular formula is C26H26N6O. The van der Waals surface area contributed by atoms with Crippen molar-refractivity contribution in [2.45, 2.75) is 12.3 Å². The summed E-state index contributed by atoms with van der Waals surface area (Å²) in [4.78, 5) is 21.6. The van der Waals surface area contributed by atoms with E-state index in [-0.39, 0.29) is 5.91 Å². The molecule has 0 atom stereocenters. The van der Waals surface area contributed by atoms with Gasteiger partial charge in [-0.2, -0.15) is 0 Å². The zero-order valence-electron chi connectivity index (χ0n) is 18.1. The topological polar surface area (TPSA) is 105 Å². The predicted octanol–water partition coefficient (Wildman–Crippen LogP) is 3.99. The summed E-state index contributed by atoms with van der Waals surface area (Å²) >= 11 is 0. The van der Waals surface area contributed by atoms with Crippen molar-refractivity contribution in [3.8, 4) is 0 Å². The Hall–Kier alpha value is -4.39. The molecule has 7 heteroatoms. The summed E-state index contributed by atoms with van der Waals surface area (Å²) in [6.07, 6.45) is 2.24. The molecule has 4 rings (SSSR count). The standard InChI is InChI=1S/C26H26N6O/c27-23-24(28-17-16-19-10-4-1-5-11-19)29-18-30-25(23)31-32-26(33)22(20-12-6-2-7-13-20)21-14-8-3-9-15-21/h1-15,18,22H,16-17,27H2,(H,32,33)(H2,28,29,30,31). The molecule has 0 bridgehead atoms. The van der Waals surface area contributed by atoms with Crippen LogP contribution in [0.25, 0.3) is 0 Å². The largest absolute Gasteiger partial charge is 0.393 e. The predicted molar refractivity (Wildman–Crippen MR) is 132 cm³/mol. The highest BCUT2D eigenvalue weighted by Crippen LogP contribution is 2.26. The summed E-state index contributed by atoms with van der Waals surface area (Å²) in [5, 5.41) is 3.24. The normalized spacial score (nSPS) is 10.6. The molecule has 1 amide bonds. The van der Waals surface area contributed by atoms with Gasteiger partial charge in [0.1, 0.15) is 12.0 Å². The molecule has 4 aromatic rings. The fraction of sp³-hybridized carbons (Fsp3) is 0.115. The van der Waals surface area contributed by atoms with Gasteiger partial charge in [-0.05, 0) is 23.1 Å². The highest BCUT2D eigenvalue weighted by atomic mass is 16.2.